The fourth-order valence-corrected chi connectivity index (χ4v) is 2.61. The van der Waals surface area contributed by atoms with Crippen LogP contribution in [0.5, 0.6) is 0 Å². The van der Waals surface area contributed by atoms with E-state index in [1.807, 2.05) is 6.07 Å². The Kier molecular flexibility index (Phi) is 3.27. The highest BCUT2D eigenvalue weighted by molar-refractivity contribution is 6.31. The Morgan fingerprint density at radius 2 is 2.19 bits per heavy atom. The molecule has 1 atom stereocenters. The van der Waals surface area contributed by atoms with Crippen molar-refractivity contribution in [2.45, 2.75) is 51.6 Å². The maximum absolute atomic E-state index is 6.21. The monoisotopic (exact) mass is 237 g/mol. The van der Waals surface area contributed by atoms with E-state index in [1.54, 1.807) is 0 Å². The summed E-state index contributed by atoms with van der Waals surface area (Å²) in [5, 5.41) is 4.66. The Balaban J connectivity index is 2.21. The van der Waals surface area contributed by atoms with E-state index < -0.39 is 0 Å². The molecule has 1 aromatic rings. The Morgan fingerprint density at radius 3 is 2.88 bits per heavy atom. The molecule has 0 spiro atoms. The van der Waals surface area contributed by atoms with E-state index in [9.17, 15) is 0 Å². The van der Waals surface area contributed by atoms with Crippen molar-refractivity contribution in [2.75, 3.05) is 0 Å². The van der Waals surface area contributed by atoms with Gasteiger partial charge >= 0.3 is 0 Å². The minimum absolute atomic E-state index is 0.203. The van der Waals surface area contributed by atoms with E-state index in [0.717, 1.165) is 17.9 Å². The molecule has 0 radical (unpaired) electrons. The smallest absolute Gasteiger partial charge is 0.0441 e. The van der Waals surface area contributed by atoms with Crippen molar-refractivity contribution < 1.29 is 0 Å². The number of fused-ring (bicyclic) bond motifs is 1. The van der Waals surface area contributed by atoms with Gasteiger partial charge in [0.25, 0.3) is 0 Å². The van der Waals surface area contributed by atoms with E-state index in [0.29, 0.717) is 6.04 Å². The van der Waals surface area contributed by atoms with Crippen LogP contribution in [-0.4, -0.2) is 5.54 Å². The third kappa shape index (κ3) is 2.26. The molecule has 0 bridgehead atoms. The lowest BCUT2D eigenvalue weighted by Gasteiger charge is -2.29. The molecule has 0 fully saturated rings. The number of nitrogens with one attached hydrogen (secondary N) is 1. The first kappa shape index (κ1) is 11.9. The van der Waals surface area contributed by atoms with Crippen LogP contribution >= 0.6 is 11.6 Å². The largest absolute Gasteiger partial charge is 0.305 e. The molecule has 0 aromatic heterocycles. The van der Waals surface area contributed by atoms with Crippen molar-refractivity contribution in [3.05, 3.63) is 34.3 Å². The van der Waals surface area contributed by atoms with Gasteiger partial charge in [-0.3, -0.25) is 0 Å². The Bertz CT molecular complexity index is 384. The molecule has 2 rings (SSSR count). The Hall–Kier alpha value is -0.530. The van der Waals surface area contributed by atoms with Crippen LogP contribution in [0.25, 0.3) is 0 Å². The van der Waals surface area contributed by atoms with Crippen LogP contribution in [0.2, 0.25) is 5.02 Å². The standard InChI is InChI=1S/C14H20ClN/c1-4-14(2,3)16-13-9-8-10-11(13)6-5-7-12(10)15/h5-7,13,16H,4,8-9H2,1-3H3. The van der Waals surface area contributed by atoms with Gasteiger partial charge in [-0.15, -0.1) is 0 Å². The van der Waals surface area contributed by atoms with Crippen molar-refractivity contribution in [3.63, 3.8) is 0 Å². The van der Waals surface area contributed by atoms with E-state index >= 15 is 0 Å². The number of hydrogen-bond acceptors (Lipinski definition) is 1. The second kappa shape index (κ2) is 4.38. The zero-order valence-corrected chi connectivity index (χ0v) is 11.1. The van der Waals surface area contributed by atoms with Gasteiger partial charge in [0, 0.05) is 16.6 Å². The number of rotatable bonds is 3. The van der Waals surface area contributed by atoms with Crippen LogP contribution < -0.4 is 5.32 Å². The third-order valence-corrected chi connectivity index (χ3v) is 4.02. The predicted molar refractivity (Wildman–Crippen MR) is 70.0 cm³/mol. The maximum atomic E-state index is 6.21. The van der Waals surface area contributed by atoms with Gasteiger partial charge in [-0.1, -0.05) is 30.7 Å². The van der Waals surface area contributed by atoms with Gasteiger partial charge in [0.15, 0.2) is 0 Å². The summed E-state index contributed by atoms with van der Waals surface area (Å²) in [6.07, 6.45) is 3.41. The molecule has 1 unspecified atom stereocenters. The molecular formula is C14H20ClN. The second-order valence-corrected chi connectivity index (χ2v) is 5.69. The molecule has 2 heteroatoms. The average molecular weight is 238 g/mol. The van der Waals surface area contributed by atoms with Gasteiger partial charge in [0.2, 0.25) is 0 Å². The lowest BCUT2D eigenvalue weighted by molar-refractivity contribution is 0.325. The van der Waals surface area contributed by atoms with E-state index in [2.05, 4.69) is 38.2 Å². The highest BCUT2D eigenvalue weighted by atomic mass is 35.5. The predicted octanol–water partition coefficient (Wildman–Crippen LogP) is 4.11. The molecule has 1 aliphatic carbocycles. The van der Waals surface area contributed by atoms with Gasteiger partial charge in [0.1, 0.15) is 0 Å². The summed E-state index contributed by atoms with van der Waals surface area (Å²) in [5.74, 6) is 0. The van der Waals surface area contributed by atoms with Crippen LogP contribution in [-0.2, 0) is 6.42 Å². The highest BCUT2D eigenvalue weighted by Crippen LogP contribution is 2.36. The van der Waals surface area contributed by atoms with Crippen LogP contribution in [0.4, 0.5) is 0 Å². The van der Waals surface area contributed by atoms with E-state index in [4.69, 9.17) is 11.6 Å². The van der Waals surface area contributed by atoms with Gasteiger partial charge in [0.05, 0.1) is 0 Å². The lowest BCUT2D eigenvalue weighted by Crippen LogP contribution is -2.40. The Labute approximate surface area is 103 Å². The normalized spacial score (nSPS) is 19.9. The summed E-state index contributed by atoms with van der Waals surface area (Å²) >= 11 is 6.21. The molecule has 1 aliphatic rings. The van der Waals surface area contributed by atoms with Crippen LogP contribution in [0, 0.1) is 0 Å². The summed E-state index contributed by atoms with van der Waals surface area (Å²) in [6, 6.07) is 6.73. The maximum Gasteiger partial charge on any atom is 0.0441 e. The fourth-order valence-electron chi connectivity index (χ4n) is 2.33. The third-order valence-electron chi connectivity index (χ3n) is 3.66. The van der Waals surface area contributed by atoms with Crippen molar-refractivity contribution in [1.82, 2.24) is 5.32 Å². The van der Waals surface area contributed by atoms with Crippen LogP contribution in [0.15, 0.2) is 18.2 Å². The molecule has 88 valence electrons. The minimum atomic E-state index is 0.203. The van der Waals surface area contributed by atoms with Crippen molar-refractivity contribution in [1.29, 1.82) is 0 Å². The minimum Gasteiger partial charge on any atom is -0.305 e. The first-order valence-corrected chi connectivity index (χ1v) is 6.46. The first-order chi connectivity index (χ1) is 7.53. The number of halogens is 1. The first-order valence-electron chi connectivity index (χ1n) is 6.08. The molecule has 0 saturated heterocycles. The molecule has 0 saturated carbocycles. The van der Waals surface area contributed by atoms with Gasteiger partial charge in [-0.2, -0.15) is 0 Å². The van der Waals surface area contributed by atoms with E-state index in [-0.39, 0.29) is 5.54 Å². The van der Waals surface area contributed by atoms with Crippen molar-refractivity contribution in [2.24, 2.45) is 0 Å². The molecule has 1 nitrogen and oxygen atoms in total. The van der Waals surface area contributed by atoms with Crippen LogP contribution in [0.3, 0.4) is 0 Å². The second-order valence-electron chi connectivity index (χ2n) is 5.28. The summed E-state index contributed by atoms with van der Waals surface area (Å²) in [4.78, 5) is 0. The topological polar surface area (TPSA) is 12.0 Å². The zero-order valence-electron chi connectivity index (χ0n) is 10.3. The van der Waals surface area contributed by atoms with E-state index in [1.165, 1.54) is 17.5 Å². The van der Waals surface area contributed by atoms with Gasteiger partial charge in [-0.25, -0.2) is 0 Å². The molecule has 0 aliphatic heterocycles. The molecule has 0 heterocycles. The molecule has 16 heavy (non-hydrogen) atoms. The molecule has 1 N–H and O–H groups in total. The lowest BCUT2D eigenvalue weighted by atomic mass is 9.98. The highest BCUT2D eigenvalue weighted by Gasteiger charge is 2.28. The summed E-state index contributed by atoms with van der Waals surface area (Å²) in [7, 11) is 0. The van der Waals surface area contributed by atoms with Gasteiger partial charge in [-0.05, 0) is 50.3 Å². The molecular weight excluding hydrogens is 218 g/mol. The number of hydrogen-bond donors (Lipinski definition) is 1. The van der Waals surface area contributed by atoms with Crippen LogP contribution in [0.1, 0.15) is 50.8 Å². The SMILES string of the molecule is CCC(C)(C)NC1CCc2c(Cl)cccc21. The quantitative estimate of drug-likeness (QED) is 0.835. The van der Waals surface area contributed by atoms with Crippen molar-refractivity contribution >= 4 is 11.6 Å². The average Bonchev–Trinajstić information content (AvgIpc) is 2.63. The number of benzene rings is 1. The van der Waals surface area contributed by atoms with Crippen molar-refractivity contribution in [3.8, 4) is 0 Å². The summed E-state index contributed by atoms with van der Waals surface area (Å²) in [6.45, 7) is 6.74. The molecule has 1 aromatic carbocycles. The fraction of sp³-hybridized carbons (Fsp3) is 0.571. The molecule has 0 amide bonds. The van der Waals surface area contributed by atoms with Gasteiger partial charge < -0.3 is 5.32 Å². The zero-order chi connectivity index (χ0) is 11.8. The summed E-state index contributed by atoms with van der Waals surface area (Å²) in [5.41, 5.74) is 2.94. The summed E-state index contributed by atoms with van der Waals surface area (Å²) < 4.78 is 0. The Morgan fingerprint density at radius 1 is 1.44 bits per heavy atom.